The summed E-state index contributed by atoms with van der Waals surface area (Å²) in [5.74, 6) is -0.743. The van der Waals surface area contributed by atoms with E-state index in [1.165, 1.54) is 0 Å². The van der Waals surface area contributed by atoms with Gasteiger partial charge in [-0.05, 0) is 0 Å². The Morgan fingerprint density at radius 1 is 1.29 bits per heavy atom. The number of aliphatic hydroxyl groups is 1. The van der Waals surface area contributed by atoms with Crippen molar-refractivity contribution in [2.24, 2.45) is 0 Å². The summed E-state index contributed by atoms with van der Waals surface area (Å²) in [6.45, 7) is 0. The summed E-state index contributed by atoms with van der Waals surface area (Å²) in [5.41, 5.74) is 0.563. The Morgan fingerprint density at radius 2 is 1.79 bits per heavy atom. The second-order valence-corrected chi connectivity index (χ2v) is 5.00. The quantitative estimate of drug-likeness (QED) is 0.606. The van der Waals surface area contributed by atoms with Crippen LogP contribution in [0, 0.1) is 0 Å². The third-order valence-corrected chi connectivity index (χ3v) is 2.27. The maximum absolute atomic E-state index is 11.2. The molecule has 1 aliphatic rings. The van der Waals surface area contributed by atoms with Crippen molar-refractivity contribution in [1.29, 1.82) is 0 Å². The molecule has 0 atom stereocenters. The molecular formula is C9H7Cl3O2. The highest BCUT2D eigenvalue weighted by Gasteiger charge is 2.31. The molecule has 5 heteroatoms. The van der Waals surface area contributed by atoms with Gasteiger partial charge in [-0.25, -0.2) is 0 Å². The molecule has 1 N–H and O–H groups in total. The van der Waals surface area contributed by atoms with E-state index in [1.54, 1.807) is 24.3 Å². The molecule has 0 unspecified atom stereocenters. The number of Topliss-reactive ketones (excluding diaryl/α,β-unsaturated/α-hetero) is 1. The van der Waals surface area contributed by atoms with Crippen LogP contribution in [0.4, 0.5) is 0 Å². The van der Waals surface area contributed by atoms with Crippen LogP contribution in [0.5, 0.6) is 0 Å². The van der Waals surface area contributed by atoms with Gasteiger partial charge in [0.15, 0.2) is 5.78 Å². The number of ketones is 1. The number of hydrogen-bond acceptors (Lipinski definition) is 2. The van der Waals surface area contributed by atoms with Crippen LogP contribution in [-0.4, -0.2) is 14.7 Å². The van der Waals surface area contributed by atoms with Gasteiger partial charge in [-0.1, -0.05) is 59.1 Å². The molecule has 0 fully saturated rings. The second kappa shape index (κ2) is 4.39. The van der Waals surface area contributed by atoms with Gasteiger partial charge >= 0.3 is 0 Å². The first-order valence-electron chi connectivity index (χ1n) is 3.78. The van der Waals surface area contributed by atoms with Gasteiger partial charge in [0.1, 0.15) is 5.76 Å². The molecule has 1 aliphatic carbocycles. The van der Waals surface area contributed by atoms with Gasteiger partial charge in [-0.15, -0.1) is 0 Å². The summed E-state index contributed by atoms with van der Waals surface area (Å²) in [7, 11) is 0. The molecule has 0 saturated carbocycles. The van der Waals surface area contributed by atoms with Crippen molar-refractivity contribution in [2.75, 3.05) is 0 Å². The first-order valence-corrected chi connectivity index (χ1v) is 4.91. The molecule has 0 bridgehead atoms. The zero-order valence-electron chi connectivity index (χ0n) is 7.01. The fourth-order valence-electron chi connectivity index (χ4n) is 0.921. The molecule has 2 nitrogen and oxygen atoms in total. The van der Waals surface area contributed by atoms with Crippen molar-refractivity contribution in [2.45, 2.75) is 10.2 Å². The van der Waals surface area contributed by atoms with Gasteiger partial charge in [0.25, 0.3) is 0 Å². The lowest BCUT2D eigenvalue weighted by Gasteiger charge is -2.09. The number of alkyl halides is 3. The first-order chi connectivity index (χ1) is 6.41. The maximum Gasteiger partial charge on any atom is 0.249 e. The molecule has 0 aliphatic heterocycles. The largest absolute Gasteiger partial charge is 0.511 e. The molecule has 14 heavy (non-hydrogen) atoms. The lowest BCUT2D eigenvalue weighted by molar-refractivity contribution is -0.118. The summed E-state index contributed by atoms with van der Waals surface area (Å²) in [6, 6.07) is 0. The van der Waals surface area contributed by atoms with E-state index in [9.17, 15) is 9.90 Å². The average molecular weight is 254 g/mol. The highest BCUT2D eigenvalue weighted by atomic mass is 35.6. The monoisotopic (exact) mass is 252 g/mol. The van der Waals surface area contributed by atoms with Crippen LogP contribution in [0.15, 0.2) is 35.6 Å². The molecule has 0 amide bonds. The highest BCUT2D eigenvalue weighted by Crippen LogP contribution is 2.30. The van der Waals surface area contributed by atoms with Gasteiger partial charge < -0.3 is 5.11 Å². The van der Waals surface area contributed by atoms with Crippen LogP contribution in [0.2, 0.25) is 0 Å². The highest BCUT2D eigenvalue weighted by molar-refractivity contribution is 6.76. The Hall–Kier alpha value is -0.440. The number of aliphatic hydroxyl groups excluding tert-OH is 1. The Bertz CT molecular complexity index is 320. The topological polar surface area (TPSA) is 37.3 Å². The minimum atomic E-state index is -1.97. The molecule has 0 spiro atoms. The van der Waals surface area contributed by atoms with Crippen molar-refractivity contribution in [3.8, 4) is 0 Å². The van der Waals surface area contributed by atoms with E-state index in [1.807, 2.05) is 0 Å². The van der Waals surface area contributed by atoms with E-state index in [-0.39, 0.29) is 12.2 Å². The standard InChI is InChI=1S/C9H7Cl3O2/c10-9(11,12)8(14)5-7(13)6-3-1-2-4-6/h1-4,13H,5H2. The summed E-state index contributed by atoms with van der Waals surface area (Å²) in [5, 5.41) is 9.46. The first kappa shape index (κ1) is 11.6. The molecule has 1 rings (SSSR count). The van der Waals surface area contributed by atoms with Crippen LogP contribution in [0.25, 0.3) is 0 Å². The molecular weight excluding hydrogens is 246 g/mol. The van der Waals surface area contributed by atoms with E-state index in [2.05, 4.69) is 0 Å². The molecule has 76 valence electrons. The van der Waals surface area contributed by atoms with Crippen molar-refractivity contribution in [3.63, 3.8) is 0 Å². The Morgan fingerprint density at radius 3 is 2.21 bits per heavy atom. The molecule has 0 aromatic rings. The van der Waals surface area contributed by atoms with Crippen molar-refractivity contribution < 1.29 is 9.90 Å². The van der Waals surface area contributed by atoms with Gasteiger partial charge in [0, 0.05) is 5.57 Å². The smallest absolute Gasteiger partial charge is 0.249 e. The van der Waals surface area contributed by atoms with Gasteiger partial charge in [0.2, 0.25) is 3.79 Å². The van der Waals surface area contributed by atoms with E-state index in [0.717, 1.165) is 0 Å². The van der Waals surface area contributed by atoms with Crippen LogP contribution >= 0.6 is 34.8 Å². The van der Waals surface area contributed by atoms with Gasteiger partial charge in [0.05, 0.1) is 6.42 Å². The van der Waals surface area contributed by atoms with Gasteiger partial charge in [-0.2, -0.15) is 0 Å². The predicted molar refractivity (Wildman–Crippen MR) is 57.8 cm³/mol. The van der Waals surface area contributed by atoms with Crippen LogP contribution < -0.4 is 0 Å². The van der Waals surface area contributed by atoms with E-state index in [4.69, 9.17) is 34.8 Å². The van der Waals surface area contributed by atoms with Crippen LogP contribution in [0.3, 0.4) is 0 Å². The summed E-state index contributed by atoms with van der Waals surface area (Å²) >= 11 is 16.0. The normalized spacial score (nSPS) is 14.9. The molecule has 0 saturated heterocycles. The number of carbonyl (C=O) groups excluding carboxylic acids is 1. The van der Waals surface area contributed by atoms with Crippen molar-refractivity contribution in [1.82, 2.24) is 0 Å². The minimum Gasteiger partial charge on any atom is -0.511 e. The Labute approximate surface area is 96.4 Å². The molecule has 0 heterocycles. The second-order valence-electron chi connectivity index (χ2n) is 2.72. The molecule has 0 aromatic heterocycles. The Kier molecular flexibility index (Phi) is 3.65. The lowest BCUT2D eigenvalue weighted by Crippen LogP contribution is -2.19. The molecule has 0 aromatic carbocycles. The Balaban J connectivity index is 2.71. The summed E-state index contributed by atoms with van der Waals surface area (Å²) in [6.07, 6.45) is 6.54. The van der Waals surface area contributed by atoms with Gasteiger partial charge in [-0.3, -0.25) is 4.79 Å². The summed E-state index contributed by atoms with van der Waals surface area (Å²) in [4.78, 5) is 11.2. The number of halogens is 3. The van der Waals surface area contributed by atoms with Crippen LogP contribution in [0.1, 0.15) is 6.42 Å². The zero-order valence-corrected chi connectivity index (χ0v) is 9.27. The third-order valence-electron chi connectivity index (χ3n) is 1.64. The third kappa shape index (κ3) is 3.05. The van der Waals surface area contributed by atoms with E-state index in [0.29, 0.717) is 5.57 Å². The number of rotatable bonds is 2. The van der Waals surface area contributed by atoms with Crippen LogP contribution in [-0.2, 0) is 4.79 Å². The van der Waals surface area contributed by atoms with Crippen molar-refractivity contribution in [3.05, 3.63) is 35.6 Å². The number of allylic oxidation sites excluding steroid dienone is 6. The average Bonchev–Trinajstić information content (AvgIpc) is 2.53. The number of hydrogen-bond donors (Lipinski definition) is 1. The van der Waals surface area contributed by atoms with E-state index < -0.39 is 9.58 Å². The van der Waals surface area contributed by atoms with E-state index >= 15 is 0 Å². The maximum atomic E-state index is 11.2. The fourth-order valence-corrected chi connectivity index (χ4v) is 1.12. The predicted octanol–water partition coefficient (Wildman–Crippen LogP) is 3.25. The SMILES string of the molecule is O=C(CC(O)=C1C=CC=C1)C(Cl)(Cl)Cl. The number of carbonyl (C=O) groups is 1. The summed E-state index contributed by atoms with van der Waals surface area (Å²) < 4.78 is -1.97. The zero-order chi connectivity index (χ0) is 10.8. The minimum absolute atomic E-state index is 0.0914. The van der Waals surface area contributed by atoms with Crippen molar-refractivity contribution >= 4 is 40.6 Å². The fraction of sp³-hybridized carbons (Fsp3) is 0.222. The molecule has 0 radical (unpaired) electrons. The lowest BCUT2D eigenvalue weighted by atomic mass is 10.1.